The van der Waals surface area contributed by atoms with Gasteiger partial charge in [0, 0.05) is 0 Å². The van der Waals surface area contributed by atoms with Crippen LogP contribution >= 0.6 is 0 Å². The van der Waals surface area contributed by atoms with Gasteiger partial charge in [0.25, 0.3) is 0 Å². The molecule has 0 bridgehead atoms. The third-order valence-corrected chi connectivity index (χ3v) is 1.73. The Morgan fingerprint density at radius 1 is 1.31 bits per heavy atom. The predicted molar refractivity (Wildman–Crippen MR) is 56.8 cm³/mol. The lowest BCUT2D eigenvalue weighted by atomic mass is 10.2. The summed E-state index contributed by atoms with van der Waals surface area (Å²) in [6.45, 7) is 3.65. The van der Waals surface area contributed by atoms with Gasteiger partial charge in [0.15, 0.2) is 0 Å². The minimum absolute atomic E-state index is 0.890. The quantitative estimate of drug-likeness (QED) is 0.636. The third-order valence-electron chi connectivity index (χ3n) is 1.73. The molecule has 0 fully saturated rings. The maximum absolute atomic E-state index is 5.05. The van der Waals surface area contributed by atoms with Gasteiger partial charge in [-0.1, -0.05) is 30.4 Å². The summed E-state index contributed by atoms with van der Waals surface area (Å²) in [6, 6.07) is 7.96. The molecule has 1 heteroatoms. The molecular weight excluding hydrogens is 160 g/mol. The molecule has 1 rings (SSSR count). The van der Waals surface area contributed by atoms with Crippen molar-refractivity contribution in [3.63, 3.8) is 0 Å². The molecule has 1 aromatic rings. The van der Waals surface area contributed by atoms with Crippen LogP contribution < -0.4 is 4.74 Å². The van der Waals surface area contributed by atoms with Crippen molar-refractivity contribution in [3.8, 4) is 5.75 Å². The van der Waals surface area contributed by atoms with Crippen LogP contribution in [0.25, 0.3) is 6.08 Å². The van der Waals surface area contributed by atoms with Crippen LogP contribution in [0, 0.1) is 0 Å². The zero-order valence-corrected chi connectivity index (χ0v) is 7.86. The van der Waals surface area contributed by atoms with Crippen molar-refractivity contribution in [2.45, 2.75) is 6.42 Å². The average molecular weight is 174 g/mol. The lowest BCUT2D eigenvalue weighted by molar-refractivity contribution is 0.415. The molecule has 0 spiro atoms. The summed E-state index contributed by atoms with van der Waals surface area (Å²) in [7, 11) is 1.67. The third kappa shape index (κ3) is 3.16. The summed E-state index contributed by atoms with van der Waals surface area (Å²) in [5.74, 6) is 0.890. The molecule has 0 saturated carbocycles. The van der Waals surface area contributed by atoms with Crippen LogP contribution in [0.1, 0.15) is 12.0 Å². The molecule has 0 heterocycles. The van der Waals surface area contributed by atoms with Gasteiger partial charge in [0.05, 0.1) is 7.11 Å². The van der Waals surface area contributed by atoms with Crippen LogP contribution in [0.15, 0.2) is 43.0 Å². The summed E-state index contributed by atoms with van der Waals surface area (Å²) < 4.78 is 5.05. The molecule has 68 valence electrons. The van der Waals surface area contributed by atoms with Crippen LogP contribution in [-0.4, -0.2) is 7.11 Å². The lowest BCUT2D eigenvalue weighted by Crippen LogP contribution is -1.81. The summed E-state index contributed by atoms with van der Waals surface area (Å²) >= 11 is 0. The van der Waals surface area contributed by atoms with E-state index in [-0.39, 0.29) is 0 Å². The van der Waals surface area contributed by atoms with Gasteiger partial charge in [-0.2, -0.15) is 0 Å². The van der Waals surface area contributed by atoms with E-state index in [9.17, 15) is 0 Å². The molecular formula is C12H14O. The molecule has 0 radical (unpaired) electrons. The highest BCUT2D eigenvalue weighted by molar-refractivity contribution is 5.50. The Bertz CT molecular complexity index is 282. The normalized spacial score (nSPS) is 10.2. The maximum atomic E-state index is 5.05. The molecule has 13 heavy (non-hydrogen) atoms. The first-order valence-electron chi connectivity index (χ1n) is 4.28. The smallest absolute Gasteiger partial charge is 0.118 e. The largest absolute Gasteiger partial charge is 0.497 e. The second kappa shape index (κ2) is 5.20. The second-order valence-corrected chi connectivity index (χ2v) is 2.70. The van der Waals surface area contributed by atoms with Crippen molar-refractivity contribution >= 4 is 6.08 Å². The fraction of sp³-hybridized carbons (Fsp3) is 0.167. The molecule has 0 aromatic heterocycles. The highest BCUT2D eigenvalue weighted by Crippen LogP contribution is 2.12. The highest BCUT2D eigenvalue weighted by Gasteiger charge is 1.88. The Balaban J connectivity index is 2.63. The first-order valence-corrected chi connectivity index (χ1v) is 4.28. The number of hydrogen-bond donors (Lipinski definition) is 0. The van der Waals surface area contributed by atoms with Gasteiger partial charge in [-0.05, 0) is 24.1 Å². The van der Waals surface area contributed by atoms with Gasteiger partial charge < -0.3 is 4.74 Å². The van der Waals surface area contributed by atoms with Gasteiger partial charge in [0.1, 0.15) is 5.75 Å². The van der Waals surface area contributed by atoms with E-state index in [0.717, 1.165) is 12.2 Å². The number of ether oxygens (including phenoxy) is 1. The SMILES string of the molecule is C=CC/C=C/c1ccc(OC)cc1. The molecule has 0 atom stereocenters. The monoisotopic (exact) mass is 174 g/mol. The van der Waals surface area contributed by atoms with E-state index in [1.54, 1.807) is 7.11 Å². The van der Waals surface area contributed by atoms with Crippen molar-refractivity contribution in [1.29, 1.82) is 0 Å². The van der Waals surface area contributed by atoms with Crippen molar-refractivity contribution in [1.82, 2.24) is 0 Å². The van der Waals surface area contributed by atoms with Crippen LogP contribution in [0.2, 0.25) is 0 Å². The van der Waals surface area contributed by atoms with Crippen LogP contribution in [-0.2, 0) is 0 Å². The van der Waals surface area contributed by atoms with Gasteiger partial charge in [-0.3, -0.25) is 0 Å². The molecule has 0 saturated heterocycles. The predicted octanol–water partition coefficient (Wildman–Crippen LogP) is 3.28. The first kappa shape index (κ1) is 9.59. The van der Waals surface area contributed by atoms with E-state index in [1.165, 1.54) is 5.56 Å². The fourth-order valence-corrected chi connectivity index (χ4v) is 1.02. The van der Waals surface area contributed by atoms with Crippen LogP contribution in [0.5, 0.6) is 5.75 Å². The molecule has 0 aliphatic heterocycles. The standard InChI is InChI=1S/C12H14O/c1-3-4-5-6-11-7-9-12(13-2)10-8-11/h3,5-10H,1,4H2,2H3/b6-5+. The van der Waals surface area contributed by atoms with Gasteiger partial charge in [0.2, 0.25) is 0 Å². The maximum Gasteiger partial charge on any atom is 0.118 e. The molecule has 0 aliphatic rings. The Labute approximate surface area is 79.4 Å². The molecule has 0 N–H and O–H groups in total. The van der Waals surface area contributed by atoms with Crippen molar-refractivity contribution in [3.05, 3.63) is 48.6 Å². The Morgan fingerprint density at radius 2 is 2.00 bits per heavy atom. The molecule has 1 nitrogen and oxygen atoms in total. The second-order valence-electron chi connectivity index (χ2n) is 2.70. The molecule has 1 aromatic carbocycles. The lowest BCUT2D eigenvalue weighted by Gasteiger charge is -1.98. The average Bonchev–Trinajstić information content (AvgIpc) is 2.19. The highest BCUT2D eigenvalue weighted by atomic mass is 16.5. The van der Waals surface area contributed by atoms with Crippen LogP contribution in [0.3, 0.4) is 0 Å². The Morgan fingerprint density at radius 3 is 2.54 bits per heavy atom. The fourth-order valence-electron chi connectivity index (χ4n) is 1.02. The minimum atomic E-state index is 0.890. The number of benzene rings is 1. The van der Waals surface area contributed by atoms with Gasteiger partial charge >= 0.3 is 0 Å². The number of rotatable bonds is 4. The Hall–Kier alpha value is -1.50. The van der Waals surface area contributed by atoms with Crippen molar-refractivity contribution in [2.24, 2.45) is 0 Å². The summed E-state index contributed by atoms with van der Waals surface area (Å²) in [6.07, 6.45) is 6.93. The van der Waals surface area contributed by atoms with Gasteiger partial charge in [-0.15, -0.1) is 6.58 Å². The minimum Gasteiger partial charge on any atom is -0.497 e. The molecule has 0 amide bonds. The van der Waals surface area contributed by atoms with E-state index in [4.69, 9.17) is 4.74 Å². The van der Waals surface area contributed by atoms with E-state index < -0.39 is 0 Å². The van der Waals surface area contributed by atoms with E-state index >= 15 is 0 Å². The first-order chi connectivity index (χ1) is 6.36. The molecule has 0 aliphatic carbocycles. The summed E-state index contributed by atoms with van der Waals surface area (Å²) in [5, 5.41) is 0. The summed E-state index contributed by atoms with van der Waals surface area (Å²) in [4.78, 5) is 0. The van der Waals surface area contributed by atoms with Crippen molar-refractivity contribution < 1.29 is 4.74 Å². The number of allylic oxidation sites excluding steroid dienone is 2. The number of hydrogen-bond acceptors (Lipinski definition) is 1. The van der Waals surface area contributed by atoms with E-state index in [0.29, 0.717) is 0 Å². The topological polar surface area (TPSA) is 9.23 Å². The van der Waals surface area contributed by atoms with Gasteiger partial charge in [-0.25, -0.2) is 0 Å². The summed E-state index contributed by atoms with van der Waals surface area (Å²) in [5.41, 5.74) is 1.18. The van der Waals surface area contributed by atoms with Crippen LogP contribution in [0.4, 0.5) is 0 Å². The van der Waals surface area contributed by atoms with E-state index in [2.05, 4.69) is 18.7 Å². The zero-order valence-electron chi connectivity index (χ0n) is 7.86. The molecule has 0 unspecified atom stereocenters. The zero-order chi connectivity index (χ0) is 9.52. The van der Waals surface area contributed by atoms with Crippen molar-refractivity contribution in [2.75, 3.05) is 7.11 Å². The number of methoxy groups -OCH3 is 1. The Kier molecular flexibility index (Phi) is 3.83. The van der Waals surface area contributed by atoms with E-state index in [1.807, 2.05) is 30.3 Å².